The van der Waals surface area contributed by atoms with Gasteiger partial charge in [-0.1, -0.05) is 13.3 Å². The van der Waals surface area contributed by atoms with Crippen LogP contribution in [-0.2, 0) is 14.4 Å². The molecule has 1 atom stereocenters. The number of amides is 3. The quantitative estimate of drug-likeness (QED) is 0.787. The minimum Gasteiger partial charge on any atom is -0.356 e. The molecular formula is C17H23N3O3. The normalized spacial score (nSPS) is 17.2. The van der Waals surface area contributed by atoms with Gasteiger partial charge in [-0.15, -0.1) is 0 Å². The first-order valence-electron chi connectivity index (χ1n) is 7.97. The summed E-state index contributed by atoms with van der Waals surface area (Å²) in [6.07, 6.45) is 2.21. The van der Waals surface area contributed by atoms with Crippen molar-refractivity contribution in [3.05, 3.63) is 24.3 Å². The van der Waals surface area contributed by atoms with E-state index >= 15 is 0 Å². The number of benzene rings is 1. The van der Waals surface area contributed by atoms with Crippen LogP contribution in [0.3, 0.4) is 0 Å². The second kappa shape index (κ2) is 7.76. The molecule has 0 unspecified atom stereocenters. The molecule has 1 aromatic carbocycles. The maximum Gasteiger partial charge on any atom is 0.227 e. The first-order valence-corrected chi connectivity index (χ1v) is 7.97. The predicted molar refractivity (Wildman–Crippen MR) is 89.1 cm³/mol. The Labute approximate surface area is 136 Å². The molecule has 1 fully saturated rings. The maximum atomic E-state index is 12.2. The maximum absolute atomic E-state index is 12.2. The minimum absolute atomic E-state index is 0.0482. The van der Waals surface area contributed by atoms with E-state index in [1.165, 1.54) is 6.92 Å². The Morgan fingerprint density at radius 1 is 1.26 bits per heavy atom. The van der Waals surface area contributed by atoms with Gasteiger partial charge in [-0.05, 0) is 30.7 Å². The Morgan fingerprint density at radius 2 is 1.96 bits per heavy atom. The molecular weight excluding hydrogens is 294 g/mol. The van der Waals surface area contributed by atoms with Gasteiger partial charge in [0.1, 0.15) is 0 Å². The second-order valence-corrected chi connectivity index (χ2v) is 5.78. The zero-order valence-electron chi connectivity index (χ0n) is 13.6. The van der Waals surface area contributed by atoms with Crippen molar-refractivity contribution in [3.8, 4) is 0 Å². The predicted octanol–water partition coefficient (Wildman–Crippen LogP) is 1.91. The van der Waals surface area contributed by atoms with Crippen LogP contribution in [0.4, 0.5) is 11.4 Å². The molecule has 6 heteroatoms. The number of hydrogen-bond donors (Lipinski definition) is 2. The highest BCUT2D eigenvalue weighted by molar-refractivity contribution is 6.00. The van der Waals surface area contributed by atoms with Gasteiger partial charge >= 0.3 is 0 Å². The lowest BCUT2D eigenvalue weighted by molar-refractivity contribution is -0.126. The Hall–Kier alpha value is -2.37. The highest BCUT2D eigenvalue weighted by Crippen LogP contribution is 2.26. The Balaban J connectivity index is 1.97. The summed E-state index contributed by atoms with van der Waals surface area (Å²) >= 11 is 0. The van der Waals surface area contributed by atoms with E-state index in [1.807, 2.05) is 0 Å². The van der Waals surface area contributed by atoms with Crippen molar-refractivity contribution >= 4 is 29.1 Å². The van der Waals surface area contributed by atoms with Gasteiger partial charge in [0.15, 0.2) is 0 Å². The molecule has 0 bridgehead atoms. The monoisotopic (exact) mass is 317 g/mol. The lowest BCUT2D eigenvalue weighted by atomic mass is 10.1. The lowest BCUT2D eigenvalue weighted by Crippen LogP contribution is -2.33. The summed E-state index contributed by atoms with van der Waals surface area (Å²) in [5.41, 5.74) is 1.43. The third-order valence-electron chi connectivity index (χ3n) is 3.82. The number of carbonyl (C=O) groups is 3. The molecule has 1 aliphatic heterocycles. The minimum atomic E-state index is -0.297. The van der Waals surface area contributed by atoms with E-state index in [9.17, 15) is 14.4 Å². The number of hydrogen-bond acceptors (Lipinski definition) is 3. The number of carbonyl (C=O) groups excluding carboxylic acids is 3. The van der Waals surface area contributed by atoms with Crippen molar-refractivity contribution in [1.29, 1.82) is 0 Å². The van der Waals surface area contributed by atoms with E-state index in [0.717, 1.165) is 18.5 Å². The van der Waals surface area contributed by atoms with Crippen LogP contribution in [-0.4, -0.2) is 30.8 Å². The molecule has 0 aromatic heterocycles. The van der Waals surface area contributed by atoms with Gasteiger partial charge in [-0.25, -0.2) is 0 Å². The van der Waals surface area contributed by atoms with Crippen LogP contribution in [0.25, 0.3) is 0 Å². The summed E-state index contributed by atoms with van der Waals surface area (Å²) in [5, 5.41) is 5.57. The van der Waals surface area contributed by atoms with E-state index < -0.39 is 0 Å². The number of unbranched alkanes of at least 4 members (excludes halogenated alkanes) is 1. The van der Waals surface area contributed by atoms with E-state index in [0.29, 0.717) is 18.8 Å². The number of nitrogens with zero attached hydrogens (tertiary/aromatic N) is 1. The number of rotatable bonds is 6. The van der Waals surface area contributed by atoms with Crippen LogP contribution in [0.15, 0.2) is 24.3 Å². The molecule has 1 saturated heterocycles. The zero-order chi connectivity index (χ0) is 16.8. The molecule has 6 nitrogen and oxygen atoms in total. The van der Waals surface area contributed by atoms with Gasteiger partial charge in [0.05, 0.1) is 5.92 Å². The molecule has 124 valence electrons. The fourth-order valence-electron chi connectivity index (χ4n) is 2.59. The summed E-state index contributed by atoms with van der Waals surface area (Å²) in [7, 11) is 0. The van der Waals surface area contributed by atoms with Crippen molar-refractivity contribution in [2.75, 3.05) is 23.3 Å². The molecule has 1 heterocycles. The third-order valence-corrected chi connectivity index (χ3v) is 3.82. The summed E-state index contributed by atoms with van der Waals surface area (Å²) in [6.45, 7) is 4.57. The van der Waals surface area contributed by atoms with E-state index in [2.05, 4.69) is 17.6 Å². The van der Waals surface area contributed by atoms with Crippen LogP contribution >= 0.6 is 0 Å². The van der Waals surface area contributed by atoms with E-state index in [-0.39, 0.29) is 30.1 Å². The SMILES string of the molecule is CCCCNC(=O)[C@H]1CC(=O)N(c2ccc(NC(C)=O)cc2)C1. The van der Waals surface area contributed by atoms with E-state index in [1.54, 1.807) is 29.2 Å². The smallest absolute Gasteiger partial charge is 0.227 e. The summed E-state index contributed by atoms with van der Waals surface area (Å²) in [4.78, 5) is 36.9. The largest absolute Gasteiger partial charge is 0.356 e. The van der Waals surface area contributed by atoms with Crippen molar-refractivity contribution in [2.45, 2.75) is 33.1 Å². The van der Waals surface area contributed by atoms with Crippen molar-refractivity contribution < 1.29 is 14.4 Å². The fourth-order valence-corrected chi connectivity index (χ4v) is 2.59. The van der Waals surface area contributed by atoms with Crippen LogP contribution in [0, 0.1) is 5.92 Å². The van der Waals surface area contributed by atoms with Gasteiger partial charge in [0, 0.05) is 37.8 Å². The third kappa shape index (κ3) is 4.55. The van der Waals surface area contributed by atoms with Gasteiger partial charge < -0.3 is 15.5 Å². The Kier molecular flexibility index (Phi) is 5.73. The molecule has 3 amide bonds. The van der Waals surface area contributed by atoms with Crippen molar-refractivity contribution in [2.24, 2.45) is 5.92 Å². The van der Waals surface area contributed by atoms with Crippen molar-refractivity contribution in [1.82, 2.24) is 5.32 Å². The highest BCUT2D eigenvalue weighted by atomic mass is 16.2. The van der Waals surface area contributed by atoms with Crippen molar-refractivity contribution in [3.63, 3.8) is 0 Å². The first kappa shape index (κ1) is 17.0. The van der Waals surface area contributed by atoms with Gasteiger partial charge in [-0.3, -0.25) is 14.4 Å². The molecule has 2 N–H and O–H groups in total. The molecule has 0 saturated carbocycles. The van der Waals surface area contributed by atoms with Gasteiger partial charge in [-0.2, -0.15) is 0 Å². The van der Waals surface area contributed by atoms with Crippen LogP contribution in [0.2, 0.25) is 0 Å². The Bertz CT molecular complexity index is 583. The molecule has 0 radical (unpaired) electrons. The molecule has 1 aliphatic rings. The van der Waals surface area contributed by atoms with Crippen LogP contribution in [0.5, 0.6) is 0 Å². The molecule has 0 spiro atoms. The van der Waals surface area contributed by atoms with Crippen LogP contribution < -0.4 is 15.5 Å². The Morgan fingerprint density at radius 3 is 2.57 bits per heavy atom. The van der Waals surface area contributed by atoms with Crippen LogP contribution in [0.1, 0.15) is 33.1 Å². The molecule has 23 heavy (non-hydrogen) atoms. The van der Waals surface area contributed by atoms with E-state index in [4.69, 9.17) is 0 Å². The average Bonchev–Trinajstić information content (AvgIpc) is 2.90. The summed E-state index contributed by atoms with van der Waals surface area (Å²) in [6, 6.07) is 7.05. The number of nitrogens with one attached hydrogen (secondary N) is 2. The molecule has 1 aromatic rings. The first-order chi connectivity index (χ1) is 11.0. The lowest BCUT2D eigenvalue weighted by Gasteiger charge is -2.17. The second-order valence-electron chi connectivity index (χ2n) is 5.78. The molecule has 2 rings (SSSR count). The standard InChI is InChI=1S/C17H23N3O3/c1-3-4-9-18-17(23)13-10-16(22)20(11-13)15-7-5-14(6-8-15)19-12(2)21/h5-8,13H,3-4,9-11H2,1-2H3,(H,18,23)(H,19,21)/t13-/m0/s1. The topological polar surface area (TPSA) is 78.5 Å². The summed E-state index contributed by atoms with van der Waals surface area (Å²) < 4.78 is 0. The highest BCUT2D eigenvalue weighted by Gasteiger charge is 2.34. The van der Waals surface area contributed by atoms with Gasteiger partial charge in [0.25, 0.3) is 0 Å². The zero-order valence-corrected chi connectivity index (χ0v) is 13.6. The average molecular weight is 317 g/mol. The van der Waals surface area contributed by atoms with Gasteiger partial charge in [0.2, 0.25) is 17.7 Å². The summed E-state index contributed by atoms with van der Waals surface area (Å²) in [5.74, 6) is -0.537. The number of anilines is 2. The fraction of sp³-hybridized carbons (Fsp3) is 0.471. The molecule has 0 aliphatic carbocycles.